The number of hydrogen-bond donors (Lipinski definition) is 7. The van der Waals surface area contributed by atoms with E-state index < -0.39 is 76.0 Å². The molecule has 15 nitrogen and oxygen atoms in total. The minimum absolute atomic E-state index is 0.197. The molecule has 2 amide bonds. The average Bonchev–Trinajstić information content (AvgIpc) is 2.69. The summed E-state index contributed by atoms with van der Waals surface area (Å²) in [6, 6.07) is 0. The Balaban J connectivity index is 5.06. The minimum Gasteiger partial charge on any atom is -0.455 e. The highest BCUT2D eigenvalue weighted by Gasteiger charge is 2.58. The highest BCUT2D eigenvalue weighted by molar-refractivity contribution is 7.72. The zero-order valence-corrected chi connectivity index (χ0v) is 23.7. The van der Waals surface area contributed by atoms with Gasteiger partial charge in [0.1, 0.15) is 13.2 Å². The summed E-state index contributed by atoms with van der Waals surface area (Å²) in [5.74, 6) is -0.606. The molecule has 17 heteroatoms. The molecule has 0 fully saturated rings. The molecule has 0 aliphatic rings. The maximum Gasteiger partial charge on any atom is 0.407 e. The second-order valence-electron chi connectivity index (χ2n) is 10.3. The molecule has 0 rings (SSSR count). The third-order valence-corrected chi connectivity index (χ3v) is 8.69. The van der Waals surface area contributed by atoms with Crippen molar-refractivity contribution in [2.75, 3.05) is 26.3 Å². The van der Waals surface area contributed by atoms with Crippen LogP contribution in [0.25, 0.3) is 0 Å². The molecule has 0 aliphatic carbocycles. The summed E-state index contributed by atoms with van der Waals surface area (Å²) < 4.78 is 38.1. The van der Waals surface area contributed by atoms with E-state index >= 15 is 0 Å². The van der Waals surface area contributed by atoms with Crippen LogP contribution in [0.2, 0.25) is 0 Å². The van der Waals surface area contributed by atoms with Gasteiger partial charge < -0.3 is 49.5 Å². The van der Waals surface area contributed by atoms with Crippen LogP contribution in [0.1, 0.15) is 60.8 Å². The van der Waals surface area contributed by atoms with Crippen molar-refractivity contribution < 1.29 is 62.4 Å². The smallest absolute Gasteiger partial charge is 0.407 e. The number of esters is 1. The maximum atomic E-state index is 12.7. The van der Waals surface area contributed by atoms with Crippen molar-refractivity contribution >= 4 is 33.3 Å². The fourth-order valence-corrected chi connectivity index (χ4v) is 5.64. The zero-order chi connectivity index (χ0) is 29.3. The van der Waals surface area contributed by atoms with Gasteiger partial charge in [-0.05, 0) is 39.0 Å². The summed E-state index contributed by atoms with van der Waals surface area (Å²) in [4.78, 5) is 72.9. The molecule has 1 unspecified atom stereocenters. The number of rotatable bonds is 14. The Morgan fingerprint density at radius 1 is 0.865 bits per heavy atom. The second kappa shape index (κ2) is 13.9. The lowest BCUT2D eigenvalue weighted by Gasteiger charge is -2.31. The van der Waals surface area contributed by atoms with Crippen molar-refractivity contribution in [1.29, 1.82) is 0 Å². The van der Waals surface area contributed by atoms with Crippen LogP contribution in [-0.4, -0.2) is 80.3 Å². The molecule has 218 valence electrons. The van der Waals surface area contributed by atoms with Gasteiger partial charge in [0, 0.05) is 19.5 Å². The minimum atomic E-state index is -5.61. The number of carbonyl (C=O) groups is 3. The molecule has 7 N–H and O–H groups in total. The van der Waals surface area contributed by atoms with Crippen molar-refractivity contribution in [3.63, 3.8) is 0 Å². The number of hydrogen-bond acceptors (Lipinski definition) is 9. The zero-order valence-electron chi connectivity index (χ0n) is 21.9. The van der Waals surface area contributed by atoms with Crippen LogP contribution in [0.4, 0.5) is 9.59 Å². The summed E-state index contributed by atoms with van der Waals surface area (Å²) in [7, 11) is -11.2. The van der Waals surface area contributed by atoms with E-state index in [1.165, 1.54) is 0 Å². The van der Waals surface area contributed by atoms with E-state index in [0.717, 1.165) is 0 Å². The largest absolute Gasteiger partial charge is 0.455 e. The molecule has 0 heterocycles. The molecular weight excluding hydrogens is 538 g/mol. The molecule has 0 radical (unpaired) electrons. The van der Waals surface area contributed by atoms with E-state index in [-0.39, 0.29) is 12.0 Å². The average molecular weight is 578 g/mol. The van der Waals surface area contributed by atoms with Crippen LogP contribution in [0.15, 0.2) is 0 Å². The predicted molar refractivity (Wildman–Crippen MR) is 130 cm³/mol. The van der Waals surface area contributed by atoms with E-state index in [4.69, 9.17) is 33.8 Å². The summed E-state index contributed by atoms with van der Waals surface area (Å²) in [5.41, 5.74) is -1.10. The third-order valence-electron chi connectivity index (χ3n) is 4.81. The molecule has 0 aromatic rings. The van der Waals surface area contributed by atoms with Gasteiger partial charge in [-0.15, -0.1) is 0 Å². The topological polar surface area (TPSA) is 238 Å². The van der Waals surface area contributed by atoms with Crippen LogP contribution >= 0.6 is 15.2 Å². The van der Waals surface area contributed by atoms with Gasteiger partial charge in [0.25, 0.3) is 5.08 Å². The molecule has 0 aromatic carbocycles. The molecule has 0 saturated heterocycles. The second-order valence-corrected chi connectivity index (χ2v) is 14.3. The van der Waals surface area contributed by atoms with E-state index in [9.17, 15) is 28.6 Å². The molecule has 0 aliphatic heterocycles. The predicted octanol–water partition coefficient (Wildman–Crippen LogP) is 1.61. The standard InChI is InChI=1S/C20H40N2O13P2/c1-7-21-16(24)33-11-14(35-15(23)19(5,6)13-18(2,3)4)12-34-17(25)22-10-8-9-20(26,36(27,28)29)37(30,31)32/h14,26H,7-13H2,1-6H3,(H,21,24)(H,22,25)(H2,27,28,29)(H2,30,31,32). The van der Waals surface area contributed by atoms with Gasteiger partial charge in [0.2, 0.25) is 0 Å². The Kier molecular flexibility index (Phi) is 13.2. The molecule has 0 bridgehead atoms. The Labute approximate surface area is 215 Å². The molecule has 37 heavy (non-hydrogen) atoms. The maximum absolute atomic E-state index is 12.7. The monoisotopic (exact) mass is 578 g/mol. The fourth-order valence-electron chi connectivity index (χ4n) is 3.39. The van der Waals surface area contributed by atoms with Gasteiger partial charge in [-0.3, -0.25) is 13.9 Å². The normalized spacial score (nSPS) is 13.9. The van der Waals surface area contributed by atoms with Gasteiger partial charge in [-0.2, -0.15) is 0 Å². The lowest BCUT2D eigenvalue weighted by atomic mass is 9.76. The van der Waals surface area contributed by atoms with Crippen LogP contribution < -0.4 is 10.6 Å². The van der Waals surface area contributed by atoms with Crippen LogP contribution in [0.5, 0.6) is 0 Å². The fraction of sp³-hybridized carbons (Fsp3) is 0.850. The molecular formula is C20H40N2O13P2. The Hall–Kier alpha value is -1.73. The van der Waals surface area contributed by atoms with Crippen LogP contribution in [0, 0.1) is 10.8 Å². The summed E-state index contributed by atoms with van der Waals surface area (Å²) >= 11 is 0. The lowest BCUT2D eigenvalue weighted by Crippen LogP contribution is -2.39. The van der Waals surface area contributed by atoms with Crippen molar-refractivity contribution in [1.82, 2.24) is 10.6 Å². The first-order valence-electron chi connectivity index (χ1n) is 11.4. The molecule has 0 aromatic heterocycles. The summed E-state index contributed by atoms with van der Waals surface area (Å²) in [6.45, 7) is 9.87. The Morgan fingerprint density at radius 3 is 1.73 bits per heavy atom. The van der Waals surface area contributed by atoms with Crippen molar-refractivity contribution in [3.05, 3.63) is 0 Å². The first-order valence-corrected chi connectivity index (χ1v) is 14.6. The van der Waals surface area contributed by atoms with Gasteiger partial charge in [0.15, 0.2) is 6.10 Å². The van der Waals surface area contributed by atoms with Crippen molar-refractivity contribution in [2.24, 2.45) is 10.8 Å². The third kappa shape index (κ3) is 12.6. The molecule has 0 saturated carbocycles. The number of nitrogens with one attached hydrogen (secondary N) is 2. The lowest BCUT2D eigenvalue weighted by molar-refractivity contribution is -0.165. The van der Waals surface area contributed by atoms with E-state index in [1.807, 2.05) is 20.8 Å². The number of amides is 2. The van der Waals surface area contributed by atoms with Crippen LogP contribution in [0.3, 0.4) is 0 Å². The number of ether oxygens (including phenoxy) is 3. The quantitative estimate of drug-likeness (QED) is 0.0672. The summed E-state index contributed by atoms with van der Waals surface area (Å²) in [5, 5.41) is 10.8. The van der Waals surface area contributed by atoms with Gasteiger partial charge in [0.05, 0.1) is 5.41 Å². The number of aliphatic hydroxyl groups is 1. The van der Waals surface area contributed by atoms with E-state index in [1.54, 1.807) is 20.8 Å². The summed E-state index contributed by atoms with van der Waals surface area (Å²) in [6.07, 6.45) is -3.98. The van der Waals surface area contributed by atoms with Crippen LogP contribution in [-0.2, 0) is 28.1 Å². The van der Waals surface area contributed by atoms with Gasteiger partial charge >= 0.3 is 33.3 Å². The highest BCUT2D eigenvalue weighted by atomic mass is 31.2. The van der Waals surface area contributed by atoms with Gasteiger partial charge in [-0.1, -0.05) is 20.8 Å². The van der Waals surface area contributed by atoms with E-state index in [0.29, 0.717) is 13.0 Å². The Morgan fingerprint density at radius 2 is 1.32 bits per heavy atom. The SMILES string of the molecule is CCNC(=O)OCC(COC(=O)NCCCC(O)(P(=O)(O)O)P(=O)(O)O)OC(=O)C(C)(C)CC(C)(C)C. The first-order chi connectivity index (χ1) is 16.6. The van der Waals surface area contributed by atoms with E-state index in [2.05, 4.69) is 10.6 Å². The van der Waals surface area contributed by atoms with Crippen molar-refractivity contribution in [3.8, 4) is 0 Å². The number of carbonyl (C=O) groups excluding carboxylic acids is 3. The Bertz CT molecular complexity index is 854. The number of alkyl carbamates (subject to hydrolysis) is 2. The molecule has 1 atom stereocenters. The molecule has 0 spiro atoms. The highest BCUT2D eigenvalue weighted by Crippen LogP contribution is 2.69. The van der Waals surface area contributed by atoms with Gasteiger partial charge in [-0.25, -0.2) is 9.59 Å². The van der Waals surface area contributed by atoms with Crippen molar-refractivity contribution in [2.45, 2.75) is 72.0 Å². The first kappa shape index (κ1) is 35.3.